The van der Waals surface area contributed by atoms with Crippen molar-refractivity contribution in [1.82, 2.24) is 10.2 Å². The van der Waals surface area contributed by atoms with Crippen molar-refractivity contribution in [2.45, 2.75) is 19.1 Å². The number of carbonyl (C=O) groups excluding carboxylic acids is 2. The van der Waals surface area contributed by atoms with E-state index in [1.807, 2.05) is 6.26 Å². The van der Waals surface area contributed by atoms with Crippen LogP contribution in [0.1, 0.15) is 12.8 Å². The molecule has 1 aliphatic rings. The molecule has 1 atom stereocenters. The summed E-state index contributed by atoms with van der Waals surface area (Å²) in [5.74, 6) is 0.753. The number of aliphatic hydroxyl groups is 1. The second-order valence-electron chi connectivity index (χ2n) is 3.75. The Hall–Kier alpha value is -1.01. The summed E-state index contributed by atoms with van der Waals surface area (Å²) in [6, 6.07) is 0. The Kier molecular flexibility index (Phi) is 6.07. The molecule has 1 heterocycles. The van der Waals surface area contributed by atoms with Crippen molar-refractivity contribution in [2.24, 2.45) is 0 Å². The molecule has 96 valence electrons. The molecule has 0 spiro atoms. The largest absolute Gasteiger partial charge is 0.370 e. The molecule has 0 aliphatic carbocycles. The van der Waals surface area contributed by atoms with E-state index in [2.05, 4.69) is 5.32 Å². The van der Waals surface area contributed by atoms with Crippen LogP contribution in [0.2, 0.25) is 0 Å². The van der Waals surface area contributed by atoms with Crippen LogP contribution in [0.4, 0.5) is 0 Å². The molecule has 0 saturated carbocycles. The predicted molar refractivity (Wildman–Crippen MR) is 67.5 cm³/mol. The first-order valence-corrected chi connectivity index (χ1v) is 6.97. The van der Waals surface area contributed by atoms with Gasteiger partial charge in [-0.2, -0.15) is 11.8 Å². The zero-order chi connectivity index (χ0) is 12.7. The van der Waals surface area contributed by atoms with Gasteiger partial charge in [0.2, 0.25) is 11.8 Å². The third-order valence-electron chi connectivity index (χ3n) is 2.44. The van der Waals surface area contributed by atoms with E-state index in [0.29, 0.717) is 19.5 Å². The van der Waals surface area contributed by atoms with Gasteiger partial charge < -0.3 is 15.3 Å². The Morgan fingerprint density at radius 3 is 3.00 bits per heavy atom. The first-order chi connectivity index (χ1) is 8.15. The highest BCUT2D eigenvalue weighted by Crippen LogP contribution is 2.06. The number of amides is 2. The van der Waals surface area contributed by atoms with Gasteiger partial charge >= 0.3 is 0 Å². The van der Waals surface area contributed by atoms with E-state index in [-0.39, 0.29) is 11.8 Å². The molecule has 0 fully saturated rings. The van der Waals surface area contributed by atoms with Crippen LogP contribution in [0.3, 0.4) is 0 Å². The molecule has 2 N–H and O–H groups in total. The van der Waals surface area contributed by atoms with Crippen molar-refractivity contribution >= 4 is 23.6 Å². The van der Waals surface area contributed by atoms with Gasteiger partial charge in [-0.05, 0) is 24.5 Å². The van der Waals surface area contributed by atoms with Gasteiger partial charge in [0.1, 0.15) is 6.23 Å². The summed E-state index contributed by atoms with van der Waals surface area (Å²) < 4.78 is 0. The molecule has 5 nitrogen and oxygen atoms in total. The Morgan fingerprint density at radius 1 is 1.65 bits per heavy atom. The highest BCUT2D eigenvalue weighted by Gasteiger charge is 2.22. The second-order valence-corrected chi connectivity index (χ2v) is 4.74. The summed E-state index contributed by atoms with van der Waals surface area (Å²) in [5.41, 5.74) is 0. The minimum atomic E-state index is -0.851. The Morgan fingerprint density at radius 2 is 2.41 bits per heavy atom. The third-order valence-corrected chi connectivity index (χ3v) is 3.14. The number of thioether (sulfide) groups is 1. The normalized spacial score (nSPS) is 18.8. The molecule has 0 bridgehead atoms. The standard InChI is InChI=1S/C11H18N2O3S/c1-17-8-2-3-9(14)12-6-7-13-10(15)4-5-11(13)16/h4-5,10,15H,2-3,6-8H2,1H3,(H,12,14). The number of nitrogens with zero attached hydrogens (tertiary/aromatic N) is 1. The molecule has 0 aromatic heterocycles. The quantitative estimate of drug-likeness (QED) is 0.629. The molecule has 2 amide bonds. The molecule has 6 heteroatoms. The zero-order valence-electron chi connectivity index (χ0n) is 9.89. The fourth-order valence-corrected chi connectivity index (χ4v) is 1.96. The van der Waals surface area contributed by atoms with Crippen LogP contribution in [-0.4, -0.2) is 53.1 Å². The smallest absolute Gasteiger partial charge is 0.248 e. The molecule has 1 aliphatic heterocycles. The Labute approximate surface area is 105 Å². The van der Waals surface area contributed by atoms with Crippen molar-refractivity contribution in [3.8, 4) is 0 Å². The van der Waals surface area contributed by atoms with Gasteiger partial charge in [0.15, 0.2) is 0 Å². The maximum Gasteiger partial charge on any atom is 0.248 e. The molecule has 0 aromatic carbocycles. The van der Waals surface area contributed by atoms with Crippen LogP contribution in [0.25, 0.3) is 0 Å². The monoisotopic (exact) mass is 258 g/mol. The molecule has 1 rings (SSSR count). The Bertz CT molecular complexity index is 307. The van der Waals surface area contributed by atoms with Gasteiger partial charge in [-0.15, -0.1) is 0 Å². The average Bonchev–Trinajstić information content (AvgIpc) is 2.61. The summed E-state index contributed by atoms with van der Waals surface area (Å²) in [7, 11) is 0. The molecule has 1 unspecified atom stereocenters. The zero-order valence-corrected chi connectivity index (χ0v) is 10.7. The van der Waals surface area contributed by atoms with Crippen LogP contribution >= 0.6 is 11.8 Å². The first kappa shape index (κ1) is 14.1. The van der Waals surface area contributed by atoms with Gasteiger partial charge in [-0.3, -0.25) is 9.59 Å². The highest BCUT2D eigenvalue weighted by atomic mass is 32.2. The van der Waals surface area contributed by atoms with Gasteiger partial charge in [0.25, 0.3) is 0 Å². The molecular weight excluding hydrogens is 240 g/mol. The van der Waals surface area contributed by atoms with Gasteiger partial charge in [0, 0.05) is 25.6 Å². The molecular formula is C11H18N2O3S. The van der Waals surface area contributed by atoms with Gasteiger partial charge in [-0.1, -0.05) is 0 Å². The van der Waals surface area contributed by atoms with Crippen LogP contribution in [0.5, 0.6) is 0 Å². The topological polar surface area (TPSA) is 69.6 Å². The molecule has 0 aromatic rings. The van der Waals surface area contributed by atoms with Crippen molar-refractivity contribution < 1.29 is 14.7 Å². The maximum absolute atomic E-state index is 11.4. The number of nitrogens with one attached hydrogen (secondary N) is 1. The lowest BCUT2D eigenvalue weighted by atomic mass is 10.3. The van der Waals surface area contributed by atoms with Crippen molar-refractivity contribution in [3.05, 3.63) is 12.2 Å². The van der Waals surface area contributed by atoms with Crippen molar-refractivity contribution in [1.29, 1.82) is 0 Å². The number of hydrogen-bond donors (Lipinski definition) is 2. The van der Waals surface area contributed by atoms with Gasteiger partial charge in [0.05, 0.1) is 0 Å². The summed E-state index contributed by atoms with van der Waals surface area (Å²) in [4.78, 5) is 23.9. The number of rotatable bonds is 7. The molecule has 17 heavy (non-hydrogen) atoms. The van der Waals surface area contributed by atoms with E-state index >= 15 is 0 Å². The number of aliphatic hydroxyl groups excluding tert-OH is 1. The minimum Gasteiger partial charge on any atom is -0.370 e. The van der Waals surface area contributed by atoms with E-state index < -0.39 is 6.23 Å². The first-order valence-electron chi connectivity index (χ1n) is 5.57. The fraction of sp³-hybridized carbons (Fsp3) is 0.636. The Balaban J connectivity index is 2.11. The predicted octanol–water partition coefficient (Wildman–Crippen LogP) is -0.0374. The molecule has 0 saturated heterocycles. The lowest BCUT2D eigenvalue weighted by Gasteiger charge is -2.20. The summed E-state index contributed by atoms with van der Waals surface area (Å²) in [6.45, 7) is 0.712. The maximum atomic E-state index is 11.4. The van der Waals surface area contributed by atoms with E-state index in [0.717, 1.165) is 12.2 Å². The highest BCUT2D eigenvalue weighted by molar-refractivity contribution is 7.98. The van der Waals surface area contributed by atoms with E-state index in [9.17, 15) is 14.7 Å². The van der Waals surface area contributed by atoms with Crippen LogP contribution in [0, 0.1) is 0 Å². The average molecular weight is 258 g/mol. The summed E-state index contributed by atoms with van der Waals surface area (Å²) in [6.07, 6.45) is 5.30. The lowest BCUT2D eigenvalue weighted by molar-refractivity contribution is -0.131. The SMILES string of the molecule is CSCCCC(=O)NCCN1C(=O)C=CC1O. The van der Waals surface area contributed by atoms with E-state index in [1.165, 1.54) is 17.1 Å². The fourth-order valence-electron chi connectivity index (χ4n) is 1.52. The van der Waals surface area contributed by atoms with Crippen molar-refractivity contribution in [3.63, 3.8) is 0 Å². The molecule has 0 radical (unpaired) electrons. The number of carbonyl (C=O) groups is 2. The van der Waals surface area contributed by atoms with Gasteiger partial charge in [-0.25, -0.2) is 0 Å². The van der Waals surface area contributed by atoms with Crippen LogP contribution in [-0.2, 0) is 9.59 Å². The van der Waals surface area contributed by atoms with Crippen LogP contribution in [0.15, 0.2) is 12.2 Å². The lowest BCUT2D eigenvalue weighted by Crippen LogP contribution is -2.40. The van der Waals surface area contributed by atoms with Crippen molar-refractivity contribution in [2.75, 3.05) is 25.1 Å². The number of hydrogen-bond acceptors (Lipinski definition) is 4. The van der Waals surface area contributed by atoms with E-state index in [1.54, 1.807) is 11.8 Å². The van der Waals surface area contributed by atoms with E-state index in [4.69, 9.17) is 0 Å². The minimum absolute atomic E-state index is 0.00635. The summed E-state index contributed by atoms with van der Waals surface area (Å²) >= 11 is 1.71. The third kappa shape index (κ3) is 4.79. The second kappa shape index (κ2) is 7.34. The summed E-state index contributed by atoms with van der Waals surface area (Å²) in [5, 5.41) is 12.1. The van der Waals surface area contributed by atoms with Crippen LogP contribution < -0.4 is 5.32 Å².